The second-order valence-electron chi connectivity index (χ2n) is 5.05. The van der Waals surface area contributed by atoms with E-state index in [0.717, 1.165) is 16.9 Å². The Hall–Kier alpha value is -2.23. The van der Waals surface area contributed by atoms with Crippen molar-refractivity contribution in [1.29, 1.82) is 0 Å². The van der Waals surface area contributed by atoms with E-state index in [0.29, 0.717) is 23.4 Å². The molecule has 1 aromatic carbocycles. The SMILES string of the molecule is COc1ccc(N)c(Oc2cc(C)ccc2C(C)C)n1. The normalized spacial score (nSPS) is 10.7. The summed E-state index contributed by atoms with van der Waals surface area (Å²) in [6.07, 6.45) is 0. The van der Waals surface area contributed by atoms with Crippen LogP contribution in [-0.4, -0.2) is 12.1 Å². The van der Waals surface area contributed by atoms with Gasteiger partial charge in [0.2, 0.25) is 11.8 Å². The monoisotopic (exact) mass is 272 g/mol. The molecule has 0 bridgehead atoms. The van der Waals surface area contributed by atoms with Crippen LogP contribution in [0.15, 0.2) is 30.3 Å². The van der Waals surface area contributed by atoms with Gasteiger partial charge in [-0.15, -0.1) is 0 Å². The number of nitrogens with two attached hydrogens (primary N) is 1. The minimum atomic E-state index is 0.359. The predicted octanol–water partition coefficient (Wildman–Crippen LogP) is 3.90. The standard InChI is InChI=1S/C16H20N2O2/c1-10(2)12-6-5-11(3)9-14(12)20-16-13(17)7-8-15(18-16)19-4/h5-10H,17H2,1-4H3. The Morgan fingerprint density at radius 2 is 1.90 bits per heavy atom. The third kappa shape index (κ3) is 3.02. The zero-order valence-electron chi connectivity index (χ0n) is 12.3. The molecule has 106 valence electrons. The van der Waals surface area contributed by atoms with Gasteiger partial charge in [-0.25, -0.2) is 0 Å². The highest BCUT2D eigenvalue weighted by molar-refractivity contribution is 5.52. The molecule has 2 aromatic rings. The molecule has 0 fully saturated rings. The zero-order valence-corrected chi connectivity index (χ0v) is 12.3. The van der Waals surface area contributed by atoms with E-state index in [4.69, 9.17) is 15.2 Å². The van der Waals surface area contributed by atoms with Crippen LogP contribution in [0.5, 0.6) is 17.5 Å². The van der Waals surface area contributed by atoms with Crippen LogP contribution < -0.4 is 15.2 Å². The fourth-order valence-electron chi connectivity index (χ4n) is 1.94. The number of aryl methyl sites for hydroxylation is 1. The van der Waals surface area contributed by atoms with E-state index < -0.39 is 0 Å². The van der Waals surface area contributed by atoms with Gasteiger partial charge in [0.05, 0.1) is 12.8 Å². The van der Waals surface area contributed by atoms with E-state index in [1.165, 1.54) is 0 Å². The molecule has 1 aromatic heterocycles. The van der Waals surface area contributed by atoms with Crippen molar-refractivity contribution in [2.24, 2.45) is 0 Å². The molecule has 20 heavy (non-hydrogen) atoms. The van der Waals surface area contributed by atoms with Gasteiger partial charge in [0.15, 0.2) is 0 Å². The summed E-state index contributed by atoms with van der Waals surface area (Å²) in [6.45, 7) is 6.28. The first-order valence-corrected chi connectivity index (χ1v) is 6.60. The summed E-state index contributed by atoms with van der Waals surface area (Å²) in [7, 11) is 1.56. The van der Waals surface area contributed by atoms with Crippen LogP contribution in [0.2, 0.25) is 0 Å². The van der Waals surface area contributed by atoms with Crippen LogP contribution in [-0.2, 0) is 0 Å². The number of rotatable bonds is 4. The average molecular weight is 272 g/mol. The molecule has 0 radical (unpaired) electrons. The molecular weight excluding hydrogens is 252 g/mol. The minimum absolute atomic E-state index is 0.359. The van der Waals surface area contributed by atoms with Gasteiger partial charge in [0.25, 0.3) is 0 Å². The van der Waals surface area contributed by atoms with Crippen LogP contribution in [0.4, 0.5) is 5.69 Å². The second-order valence-corrected chi connectivity index (χ2v) is 5.05. The fourth-order valence-corrected chi connectivity index (χ4v) is 1.94. The van der Waals surface area contributed by atoms with Gasteiger partial charge in [-0.2, -0.15) is 4.98 Å². The molecule has 0 spiro atoms. The summed E-state index contributed by atoms with van der Waals surface area (Å²) >= 11 is 0. The fraction of sp³-hybridized carbons (Fsp3) is 0.312. The number of methoxy groups -OCH3 is 1. The first-order valence-electron chi connectivity index (χ1n) is 6.60. The van der Waals surface area contributed by atoms with E-state index in [1.807, 2.05) is 13.0 Å². The molecule has 0 aliphatic carbocycles. The lowest BCUT2D eigenvalue weighted by atomic mass is 10.0. The summed E-state index contributed by atoms with van der Waals surface area (Å²) in [5, 5.41) is 0. The van der Waals surface area contributed by atoms with Crippen molar-refractivity contribution in [3.8, 4) is 17.5 Å². The zero-order chi connectivity index (χ0) is 14.7. The number of benzene rings is 1. The number of nitrogens with zero attached hydrogens (tertiary/aromatic N) is 1. The maximum Gasteiger partial charge on any atom is 0.246 e. The van der Waals surface area contributed by atoms with Gasteiger partial charge in [-0.05, 0) is 36.1 Å². The van der Waals surface area contributed by atoms with E-state index in [-0.39, 0.29) is 0 Å². The van der Waals surface area contributed by atoms with Crippen LogP contribution in [0.1, 0.15) is 30.9 Å². The number of hydrogen-bond donors (Lipinski definition) is 1. The summed E-state index contributed by atoms with van der Waals surface area (Å²) in [5.74, 6) is 2.00. The quantitative estimate of drug-likeness (QED) is 0.917. The van der Waals surface area contributed by atoms with E-state index in [2.05, 4.69) is 31.0 Å². The summed E-state index contributed by atoms with van der Waals surface area (Å²) in [5.41, 5.74) is 8.66. The molecule has 0 aliphatic rings. The van der Waals surface area contributed by atoms with E-state index in [9.17, 15) is 0 Å². The van der Waals surface area contributed by atoms with Crippen molar-refractivity contribution < 1.29 is 9.47 Å². The molecule has 0 saturated heterocycles. The van der Waals surface area contributed by atoms with Crippen LogP contribution in [0.25, 0.3) is 0 Å². The van der Waals surface area contributed by atoms with E-state index >= 15 is 0 Å². The lowest BCUT2D eigenvalue weighted by Crippen LogP contribution is -2.00. The van der Waals surface area contributed by atoms with Gasteiger partial charge in [-0.1, -0.05) is 26.0 Å². The maximum absolute atomic E-state index is 5.91. The van der Waals surface area contributed by atoms with Crippen molar-refractivity contribution in [2.75, 3.05) is 12.8 Å². The van der Waals surface area contributed by atoms with Gasteiger partial charge in [0.1, 0.15) is 5.75 Å². The third-order valence-electron chi connectivity index (χ3n) is 3.07. The molecule has 1 heterocycles. The van der Waals surface area contributed by atoms with Crippen LogP contribution >= 0.6 is 0 Å². The summed E-state index contributed by atoms with van der Waals surface area (Å²) in [6, 6.07) is 9.58. The number of hydrogen-bond acceptors (Lipinski definition) is 4. The predicted molar refractivity (Wildman–Crippen MR) is 80.5 cm³/mol. The molecule has 4 nitrogen and oxygen atoms in total. The van der Waals surface area contributed by atoms with Gasteiger partial charge >= 0.3 is 0 Å². The smallest absolute Gasteiger partial charge is 0.246 e. The number of anilines is 1. The molecule has 2 rings (SSSR count). The third-order valence-corrected chi connectivity index (χ3v) is 3.07. The number of ether oxygens (including phenoxy) is 2. The molecule has 2 N–H and O–H groups in total. The highest BCUT2D eigenvalue weighted by atomic mass is 16.5. The molecular formula is C16H20N2O2. The minimum Gasteiger partial charge on any atom is -0.481 e. The second kappa shape index (κ2) is 5.82. The van der Waals surface area contributed by atoms with Crippen molar-refractivity contribution >= 4 is 5.69 Å². The molecule has 0 aliphatic heterocycles. The summed E-state index contributed by atoms with van der Waals surface area (Å²) < 4.78 is 11.0. The molecule has 0 unspecified atom stereocenters. The first-order chi connectivity index (χ1) is 9.51. The Kier molecular flexibility index (Phi) is 4.13. The maximum atomic E-state index is 5.91. The lowest BCUT2D eigenvalue weighted by molar-refractivity contribution is 0.383. The molecule has 4 heteroatoms. The largest absolute Gasteiger partial charge is 0.481 e. The molecule has 0 atom stereocenters. The van der Waals surface area contributed by atoms with Gasteiger partial charge < -0.3 is 15.2 Å². The van der Waals surface area contributed by atoms with Crippen molar-refractivity contribution in [1.82, 2.24) is 4.98 Å². The van der Waals surface area contributed by atoms with Gasteiger partial charge in [-0.3, -0.25) is 0 Å². The lowest BCUT2D eigenvalue weighted by Gasteiger charge is -2.15. The number of pyridine rings is 1. The Bertz CT molecular complexity index is 609. The molecule has 0 saturated carbocycles. The van der Waals surface area contributed by atoms with Crippen LogP contribution in [0.3, 0.4) is 0 Å². The van der Waals surface area contributed by atoms with Crippen molar-refractivity contribution in [2.45, 2.75) is 26.7 Å². The highest BCUT2D eigenvalue weighted by Gasteiger charge is 2.12. The Morgan fingerprint density at radius 3 is 2.55 bits per heavy atom. The first kappa shape index (κ1) is 14.2. The number of nitrogen functional groups attached to an aromatic ring is 1. The van der Waals surface area contributed by atoms with E-state index in [1.54, 1.807) is 19.2 Å². The highest BCUT2D eigenvalue weighted by Crippen LogP contribution is 2.33. The van der Waals surface area contributed by atoms with Crippen molar-refractivity contribution in [3.63, 3.8) is 0 Å². The average Bonchev–Trinajstić information content (AvgIpc) is 2.41. The van der Waals surface area contributed by atoms with Gasteiger partial charge in [0, 0.05) is 6.07 Å². The topological polar surface area (TPSA) is 57.4 Å². The summed E-state index contributed by atoms with van der Waals surface area (Å²) in [4.78, 5) is 4.25. The Labute approximate surface area is 119 Å². The Morgan fingerprint density at radius 1 is 1.15 bits per heavy atom. The van der Waals surface area contributed by atoms with Crippen LogP contribution in [0, 0.1) is 6.92 Å². The van der Waals surface area contributed by atoms with Crippen molar-refractivity contribution in [3.05, 3.63) is 41.5 Å². The molecule has 0 amide bonds. The Balaban J connectivity index is 2.41. The number of aromatic nitrogens is 1.